The van der Waals surface area contributed by atoms with Gasteiger partial charge in [-0.05, 0) is 23.9 Å². The van der Waals surface area contributed by atoms with Gasteiger partial charge in [-0.15, -0.1) is 10.2 Å². The molecule has 1 aromatic heterocycles. The monoisotopic (exact) mass is 293 g/mol. The third-order valence-corrected chi connectivity index (χ3v) is 3.84. The molecular weight excluding hydrogens is 282 g/mol. The van der Waals surface area contributed by atoms with Crippen LogP contribution in [0.1, 0.15) is 6.92 Å². The molecule has 0 atom stereocenters. The molecule has 0 unspecified atom stereocenters. The van der Waals surface area contributed by atoms with E-state index in [1.54, 1.807) is 0 Å². The molecule has 0 bridgehead atoms. The van der Waals surface area contributed by atoms with Crippen LogP contribution in [0.2, 0.25) is 0 Å². The maximum absolute atomic E-state index is 11.5. The number of Topliss-reactive ketones (excluding diaryl/α,β-unsaturated/α-hetero) is 1. The smallest absolute Gasteiger partial charge is 0.203 e. The first-order valence-electron chi connectivity index (χ1n) is 5.31. The average Bonchev–Trinajstić information content (AvgIpc) is 2.81. The fraction of sp³-hybridized carbons (Fsp3) is 0.0909. The molecule has 8 heteroatoms. The molecule has 98 valence electrons. The van der Waals surface area contributed by atoms with Crippen LogP contribution in [-0.2, 0) is 4.79 Å². The fourth-order valence-electron chi connectivity index (χ4n) is 1.15. The number of hydrogen-bond donors (Lipinski definition) is 2. The Morgan fingerprint density at radius 2 is 2.11 bits per heavy atom. The van der Waals surface area contributed by atoms with E-state index in [0.29, 0.717) is 14.5 Å². The number of ketones is 1. The third kappa shape index (κ3) is 4.04. The summed E-state index contributed by atoms with van der Waals surface area (Å²) in [6.45, 7) is 1.45. The Labute approximate surface area is 118 Å². The largest absolute Gasteiger partial charge is 0.374 e. The highest BCUT2D eigenvalue weighted by atomic mass is 32.2. The predicted molar refractivity (Wildman–Crippen MR) is 78.4 cm³/mol. The number of anilines is 2. The number of benzene rings is 1. The number of nitrogens with one attached hydrogen (secondary N) is 1. The van der Waals surface area contributed by atoms with Crippen LogP contribution >= 0.6 is 23.1 Å². The standard InChI is InChI=1S/C11H11N5OS2/c1-7(17)9(18-11-16-15-10(12)19-11)14-13-8-5-3-2-4-6-8/h2-6,13H,1H3,(H2,12,15)/b14-9-. The topological polar surface area (TPSA) is 93.3 Å². The summed E-state index contributed by atoms with van der Waals surface area (Å²) in [4.78, 5) is 11.5. The minimum atomic E-state index is -0.151. The van der Waals surface area contributed by atoms with E-state index in [2.05, 4.69) is 20.7 Å². The van der Waals surface area contributed by atoms with Gasteiger partial charge >= 0.3 is 0 Å². The number of para-hydroxylation sites is 1. The maximum atomic E-state index is 11.5. The summed E-state index contributed by atoms with van der Waals surface area (Å²) in [6.07, 6.45) is 0. The second-order valence-corrected chi connectivity index (χ2v) is 5.70. The van der Waals surface area contributed by atoms with E-state index in [1.165, 1.54) is 18.3 Å². The Kier molecular flexibility index (Phi) is 4.48. The SMILES string of the molecule is CC(=O)/C(=N/Nc1ccccc1)Sc1nnc(N)s1. The van der Waals surface area contributed by atoms with Crippen LogP contribution in [-0.4, -0.2) is 21.0 Å². The van der Waals surface area contributed by atoms with Gasteiger partial charge in [0.1, 0.15) is 0 Å². The van der Waals surface area contributed by atoms with Gasteiger partial charge in [0.2, 0.25) is 5.13 Å². The lowest BCUT2D eigenvalue weighted by molar-refractivity contribution is -0.110. The normalized spacial score (nSPS) is 11.3. The summed E-state index contributed by atoms with van der Waals surface area (Å²) in [6, 6.07) is 9.37. The lowest BCUT2D eigenvalue weighted by Gasteiger charge is -2.02. The van der Waals surface area contributed by atoms with Crippen LogP contribution in [0.15, 0.2) is 39.8 Å². The quantitative estimate of drug-likeness (QED) is 0.388. The number of nitrogens with two attached hydrogens (primary N) is 1. The first kappa shape index (κ1) is 13.5. The summed E-state index contributed by atoms with van der Waals surface area (Å²) in [5.41, 5.74) is 9.12. The van der Waals surface area contributed by atoms with Crippen molar-refractivity contribution in [2.24, 2.45) is 5.10 Å². The van der Waals surface area contributed by atoms with Crippen molar-refractivity contribution in [2.75, 3.05) is 11.2 Å². The van der Waals surface area contributed by atoms with Gasteiger partial charge in [-0.3, -0.25) is 10.2 Å². The zero-order valence-electron chi connectivity index (χ0n) is 10.0. The van der Waals surface area contributed by atoms with Gasteiger partial charge in [0.15, 0.2) is 15.2 Å². The van der Waals surface area contributed by atoms with Crippen molar-refractivity contribution in [1.82, 2.24) is 10.2 Å². The second-order valence-electron chi connectivity index (χ2n) is 3.46. The molecule has 2 rings (SSSR count). The Morgan fingerprint density at radius 3 is 2.68 bits per heavy atom. The van der Waals surface area contributed by atoms with Gasteiger partial charge in [-0.1, -0.05) is 29.5 Å². The zero-order chi connectivity index (χ0) is 13.7. The molecule has 0 saturated carbocycles. The molecule has 0 aliphatic carbocycles. The number of hydrazone groups is 1. The summed E-state index contributed by atoms with van der Waals surface area (Å²) in [5, 5.41) is 12.3. The summed E-state index contributed by atoms with van der Waals surface area (Å²) >= 11 is 2.35. The van der Waals surface area contributed by atoms with Crippen molar-refractivity contribution >= 4 is 44.7 Å². The van der Waals surface area contributed by atoms with Crippen molar-refractivity contribution in [3.8, 4) is 0 Å². The second kappa shape index (κ2) is 6.30. The molecule has 19 heavy (non-hydrogen) atoms. The molecule has 0 fully saturated rings. The van der Waals surface area contributed by atoms with Crippen molar-refractivity contribution in [3.05, 3.63) is 30.3 Å². The molecule has 0 aliphatic rings. The van der Waals surface area contributed by atoms with E-state index in [1.807, 2.05) is 30.3 Å². The van der Waals surface area contributed by atoms with E-state index < -0.39 is 0 Å². The number of nitrogens with zero attached hydrogens (tertiary/aromatic N) is 3. The Bertz CT molecular complexity index is 596. The van der Waals surface area contributed by atoms with Crippen molar-refractivity contribution in [1.29, 1.82) is 0 Å². The van der Waals surface area contributed by atoms with Crippen molar-refractivity contribution < 1.29 is 4.79 Å². The van der Waals surface area contributed by atoms with Crippen LogP contribution in [0.4, 0.5) is 10.8 Å². The van der Waals surface area contributed by atoms with E-state index in [9.17, 15) is 4.79 Å². The molecule has 2 aromatic rings. The highest BCUT2D eigenvalue weighted by molar-refractivity contribution is 8.17. The minimum absolute atomic E-state index is 0.151. The maximum Gasteiger partial charge on any atom is 0.203 e. The molecule has 1 aromatic carbocycles. The van der Waals surface area contributed by atoms with Crippen LogP contribution in [0, 0.1) is 0 Å². The fourth-order valence-corrected chi connectivity index (χ4v) is 2.63. The molecule has 0 aliphatic heterocycles. The number of carbonyl (C=O) groups is 1. The summed E-state index contributed by atoms with van der Waals surface area (Å²) < 4.78 is 0.585. The predicted octanol–water partition coefficient (Wildman–Crippen LogP) is 2.23. The number of nitrogen functional groups attached to an aromatic ring is 1. The molecule has 0 spiro atoms. The number of carbonyl (C=O) groups excluding carboxylic acids is 1. The lowest BCUT2D eigenvalue weighted by Crippen LogP contribution is -2.07. The van der Waals surface area contributed by atoms with Gasteiger partial charge in [-0.25, -0.2) is 0 Å². The molecule has 3 N–H and O–H groups in total. The summed E-state index contributed by atoms with van der Waals surface area (Å²) in [7, 11) is 0. The highest BCUT2D eigenvalue weighted by Crippen LogP contribution is 2.25. The van der Waals surface area contributed by atoms with E-state index >= 15 is 0 Å². The Balaban J connectivity index is 2.09. The number of thioether (sulfide) groups is 1. The first-order chi connectivity index (χ1) is 9.15. The van der Waals surface area contributed by atoms with Crippen LogP contribution in [0.5, 0.6) is 0 Å². The molecule has 1 heterocycles. The van der Waals surface area contributed by atoms with E-state index in [0.717, 1.165) is 17.4 Å². The molecular formula is C11H11N5OS2. The first-order valence-corrected chi connectivity index (χ1v) is 6.95. The van der Waals surface area contributed by atoms with Gasteiger partial charge in [0.25, 0.3) is 0 Å². The zero-order valence-corrected chi connectivity index (χ0v) is 11.7. The average molecular weight is 293 g/mol. The molecule has 6 nitrogen and oxygen atoms in total. The van der Waals surface area contributed by atoms with Gasteiger partial charge < -0.3 is 5.73 Å². The van der Waals surface area contributed by atoms with Crippen molar-refractivity contribution in [3.63, 3.8) is 0 Å². The van der Waals surface area contributed by atoms with Crippen LogP contribution in [0.3, 0.4) is 0 Å². The highest BCUT2D eigenvalue weighted by Gasteiger charge is 2.12. The number of rotatable bonds is 4. The lowest BCUT2D eigenvalue weighted by atomic mass is 10.3. The van der Waals surface area contributed by atoms with E-state index in [4.69, 9.17) is 5.73 Å². The van der Waals surface area contributed by atoms with Crippen LogP contribution < -0.4 is 11.2 Å². The number of aromatic nitrogens is 2. The minimum Gasteiger partial charge on any atom is -0.374 e. The third-order valence-electron chi connectivity index (χ3n) is 1.97. The van der Waals surface area contributed by atoms with E-state index in [-0.39, 0.29) is 5.78 Å². The van der Waals surface area contributed by atoms with Crippen LogP contribution in [0.25, 0.3) is 0 Å². The van der Waals surface area contributed by atoms with Gasteiger partial charge in [0, 0.05) is 6.92 Å². The van der Waals surface area contributed by atoms with Gasteiger partial charge in [-0.2, -0.15) is 5.10 Å². The van der Waals surface area contributed by atoms with Crippen molar-refractivity contribution in [2.45, 2.75) is 11.3 Å². The Hall–Kier alpha value is -1.93. The molecule has 0 amide bonds. The Morgan fingerprint density at radius 1 is 1.37 bits per heavy atom. The molecule has 0 saturated heterocycles. The number of hydrogen-bond acceptors (Lipinski definition) is 8. The molecule has 0 radical (unpaired) electrons. The summed E-state index contributed by atoms with van der Waals surface area (Å²) in [5.74, 6) is -0.151. The van der Waals surface area contributed by atoms with Gasteiger partial charge in [0.05, 0.1) is 5.69 Å².